The lowest BCUT2D eigenvalue weighted by Crippen LogP contribution is -2.37. The number of hydrogen-bond donors (Lipinski definition) is 0. The Bertz CT molecular complexity index is 456. The number of ether oxygens (including phenoxy) is 1. The highest BCUT2D eigenvalue weighted by Crippen LogP contribution is 2.16. The lowest BCUT2D eigenvalue weighted by molar-refractivity contribution is -0.135. The second-order valence-electron chi connectivity index (χ2n) is 4.91. The van der Waals surface area contributed by atoms with Crippen molar-refractivity contribution in [2.24, 2.45) is 0 Å². The molecule has 1 aromatic rings. The molecule has 0 unspecified atom stereocenters. The van der Waals surface area contributed by atoms with E-state index in [2.05, 4.69) is 9.88 Å². The van der Waals surface area contributed by atoms with Crippen LogP contribution >= 0.6 is 11.6 Å². The Labute approximate surface area is 124 Å². The zero-order valence-corrected chi connectivity index (χ0v) is 12.5. The van der Waals surface area contributed by atoms with Crippen LogP contribution in [0.15, 0.2) is 18.5 Å². The first-order valence-corrected chi connectivity index (χ1v) is 7.16. The van der Waals surface area contributed by atoms with Gasteiger partial charge in [-0.15, -0.1) is 0 Å². The lowest BCUT2D eigenvalue weighted by Gasteiger charge is -2.22. The SMILES string of the molecule is COCC(=O)N1CCCN(Cc2ccncc2Cl)CC1. The molecule has 110 valence electrons. The Hall–Kier alpha value is -1.17. The molecule has 1 aliphatic rings. The monoisotopic (exact) mass is 297 g/mol. The van der Waals surface area contributed by atoms with Crippen LogP contribution in [0.25, 0.3) is 0 Å². The van der Waals surface area contributed by atoms with Crippen LogP contribution in [0.3, 0.4) is 0 Å². The van der Waals surface area contributed by atoms with Crippen LogP contribution in [0.1, 0.15) is 12.0 Å². The van der Waals surface area contributed by atoms with Gasteiger partial charge in [-0.05, 0) is 18.1 Å². The molecule has 5 nitrogen and oxygen atoms in total. The number of rotatable bonds is 4. The van der Waals surface area contributed by atoms with Crippen LogP contribution in [0.4, 0.5) is 0 Å². The molecule has 0 aromatic carbocycles. The van der Waals surface area contributed by atoms with Gasteiger partial charge in [-0.3, -0.25) is 14.7 Å². The molecule has 1 fully saturated rings. The molecule has 1 amide bonds. The minimum atomic E-state index is 0.0660. The Balaban J connectivity index is 1.90. The number of carbonyl (C=O) groups excluding carboxylic acids is 1. The fraction of sp³-hybridized carbons (Fsp3) is 0.571. The third kappa shape index (κ3) is 4.16. The number of nitrogens with zero attached hydrogens (tertiary/aromatic N) is 3. The molecule has 0 aliphatic carbocycles. The standard InChI is InChI=1S/C14H20ClN3O2/c1-20-11-14(19)18-6-2-5-17(7-8-18)10-12-3-4-16-9-13(12)15/h3-4,9H,2,5-8,10-11H2,1H3. The van der Waals surface area contributed by atoms with Gasteiger partial charge in [0.05, 0.1) is 5.02 Å². The van der Waals surface area contributed by atoms with Gasteiger partial charge < -0.3 is 9.64 Å². The lowest BCUT2D eigenvalue weighted by atomic mass is 10.2. The summed E-state index contributed by atoms with van der Waals surface area (Å²) < 4.78 is 4.91. The van der Waals surface area contributed by atoms with Crippen molar-refractivity contribution in [2.45, 2.75) is 13.0 Å². The van der Waals surface area contributed by atoms with Gasteiger partial charge in [-0.25, -0.2) is 0 Å². The number of aromatic nitrogens is 1. The minimum absolute atomic E-state index is 0.0660. The van der Waals surface area contributed by atoms with Crippen LogP contribution in [0.2, 0.25) is 5.02 Å². The van der Waals surface area contributed by atoms with Gasteiger partial charge in [0, 0.05) is 52.2 Å². The molecule has 1 aliphatic heterocycles. The van der Waals surface area contributed by atoms with E-state index in [1.165, 1.54) is 0 Å². The second kappa shape index (κ2) is 7.57. The van der Waals surface area contributed by atoms with E-state index in [-0.39, 0.29) is 12.5 Å². The number of amides is 1. The number of carbonyl (C=O) groups is 1. The van der Waals surface area contributed by atoms with Crippen molar-refractivity contribution < 1.29 is 9.53 Å². The van der Waals surface area contributed by atoms with Crippen LogP contribution in [0, 0.1) is 0 Å². The summed E-state index contributed by atoms with van der Waals surface area (Å²) in [4.78, 5) is 20.0. The highest BCUT2D eigenvalue weighted by molar-refractivity contribution is 6.31. The first-order chi connectivity index (χ1) is 9.70. The van der Waals surface area contributed by atoms with E-state index >= 15 is 0 Å². The van der Waals surface area contributed by atoms with Gasteiger partial charge in [0.2, 0.25) is 5.91 Å². The number of hydrogen-bond acceptors (Lipinski definition) is 4. The second-order valence-corrected chi connectivity index (χ2v) is 5.32. The van der Waals surface area contributed by atoms with Crippen molar-refractivity contribution in [3.8, 4) is 0 Å². The van der Waals surface area contributed by atoms with E-state index in [0.717, 1.165) is 44.7 Å². The molecule has 2 rings (SSSR count). The quantitative estimate of drug-likeness (QED) is 0.843. The Kier molecular flexibility index (Phi) is 5.76. The summed E-state index contributed by atoms with van der Waals surface area (Å²) in [5.41, 5.74) is 1.08. The predicted molar refractivity (Wildman–Crippen MR) is 77.6 cm³/mol. The molecule has 0 saturated carbocycles. The summed E-state index contributed by atoms with van der Waals surface area (Å²) >= 11 is 6.13. The molecular weight excluding hydrogens is 278 g/mol. The Morgan fingerprint density at radius 1 is 1.40 bits per heavy atom. The molecule has 0 bridgehead atoms. The average molecular weight is 298 g/mol. The van der Waals surface area contributed by atoms with Crippen molar-refractivity contribution in [1.82, 2.24) is 14.8 Å². The number of halogens is 1. The summed E-state index contributed by atoms with van der Waals surface area (Å²) in [6.07, 6.45) is 4.40. The highest BCUT2D eigenvalue weighted by atomic mass is 35.5. The smallest absolute Gasteiger partial charge is 0.248 e. The van der Waals surface area contributed by atoms with Crippen molar-refractivity contribution >= 4 is 17.5 Å². The summed E-state index contributed by atoms with van der Waals surface area (Å²) in [5.74, 6) is 0.0660. The Morgan fingerprint density at radius 3 is 3.00 bits per heavy atom. The predicted octanol–water partition coefficient (Wildman–Crippen LogP) is 1.42. The van der Waals surface area contributed by atoms with E-state index in [1.54, 1.807) is 19.5 Å². The van der Waals surface area contributed by atoms with Crippen molar-refractivity contribution in [1.29, 1.82) is 0 Å². The molecule has 6 heteroatoms. The molecular formula is C14H20ClN3O2. The zero-order chi connectivity index (χ0) is 14.4. The van der Waals surface area contributed by atoms with Gasteiger partial charge in [0.15, 0.2) is 0 Å². The summed E-state index contributed by atoms with van der Waals surface area (Å²) in [6, 6.07) is 1.95. The van der Waals surface area contributed by atoms with E-state index in [4.69, 9.17) is 16.3 Å². The third-order valence-electron chi connectivity index (χ3n) is 3.46. The minimum Gasteiger partial charge on any atom is -0.375 e. The summed E-state index contributed by atoms with van der Waals surface area (Å²) in [7, 11) is 1.55. The zero-order valence-electron chi connectivity index (χ0n) is 11.7. The fourth-order valence-electron chi connectivity index (χ4n) is 2.37. The maximum absolute atomic E-state index is 11.8. The maximum Gasteiger partial charge on any atom is 0.248 e. The molecule has 2 heterocycles. The van der Waals surface area contributed by atoms with E-state index in [9.17, 15) is 4.79 Å². The highest BCUT2D eigenvalue weighted by Gasteiger charge is 2.19. The fourth-order valence-corrected chi connectivity index (χ4v) is 2.55. The van der Waals surface area contributed by atoms with Gasteiger partial charge in [-0.2, -0.15) is 0 Å². The number of pyridine rings is 1. The first kappa shape index (κ1) is 15.2. The molecule has 1 aromatic heterocycles. The van der Waals surface area contributed by atoms with Crippen LogP contribution < -0.4 is 0 Å². The van der Waals surface area contributed by atoms with Crippen LogP contribution in [0.5, 0.6) is 0 Å². The van der Waals surface area contributed by atoms with Gasteiger partial charge >= 0.3 is 0 Å². The van der Waals surface area contributed by atoms with Gasteiger partial charge in [0.1, 0.15) is 6.61 Å². The topological polar surface area (TPSA) is 45.7 Å². The summed E-state index contributed by atoms with van der Waals surface area (Å²) in [5, 5.41) is 0.698. The molecule has 1 saturated heterocycles. The van der Waals surface area contributed by atoms with Crippen LogP contribution in [-0.4, -0.2) is 60.6 Å². The van der Waals surface area contributed by atoms with Crippen molar-refractivity contribution in [2.75, 3.05) is 39.9 Å². The third-order valence-corrected chi connectivity index (χ3v) is 3.80. The van der Waals surface area contributed by atoms with Crippen molar-refractivity contribution in [3.63, 3.8) is 0 Å². The Morgan fingerprint density at radius 2 is 2.25 bits per heavy atom. The van der Waals surface area contributed by atoms with Crippen LogP contribution in [-0.2, 0) is 16.1 Å². The maximum atomic E-state index is 11.8. The van der Waals surface area contributed by atoms with E-state index in [0.29, 0.717) is 5.02 Å². The average Bonchev–Trinajstić information content (AvgIpc) is 2.67. The summed E-state index contributed by atoms with van der Waals surface area (Å²) in [6.45, 7) is 4.32. The molecule has 0 atom stereocenters. The largest absolute Gasteiger partial charge is 0.375 e. The van der Waals surface area contributed by atoms with E-state index in [1.807, 2.05) is 11.0 Å². The molecule has 0 N–H and O–H groups in total. The van der Waals surface area contributed by atoms with Gasteiger partial charge in [0.25, 0.3) is 0 Å². The normalized spacial score (nSPS) is 17.0. The number of methoxy groups -OCH3 is 1. The van der Waals surface area contributed by atoms with Gasteiger partial charge in [-0.1, -0.05) is 11.6 Å². The first-order valence-electron chi connectivity index (χ1n) is 6.78. The van der Waals surface area contributed by atoms with Crippen molar-refractivity contribution in [3.05, 3.63) is 29.0 Å². The molecule has 0 spiro atoms. The van der Waals surface area contributed by atoms with E-state index < -0.39 is 0 Å². The molecule has 0 radical (unpaired) electrons. The molecule has 20 heavy (non-hydrogen) atoms.